The minimum atomic E-state index is -3.75. The molecule has 0 aromatic heterocycles. The zero-order valence-electron chi connectivity index (χ0n) is 15.8. The molecule has 28 heavy (non-hydrogen) atoms. The third-order valence-electron chi connectivity index (χ3n) is 4.65. The van der Waals surface area contributed by atoms with Crippen LogP contribution in [0.25, 0.3) is 0 Å². The molecule has 1 fully saturated rings. The summed E-state index contributed by atoms with van der Waals surface area (Å²) in [6, 6.07) is 15.3. The summed E-state index contributed by atoms with van der Waals surface area (Å²) in [5.41, 5.74) is 0.953. The first-order valence-electron chi connectivity index (χ1n) is 9.22. The van der Waals surface area contributed by atoms with Crippen molar-refractivity contribution >= 4 is 34.0 Å². The average Bonchev–Trinajstić information content (AvgIpc) is 2.70. The zero-order chi connectivity index (χ0) is 19.3. The maximum Gasteiger partial charge on any atom is 0.264 e. The van der Waals surface area contributed by atoms with Crippen LogP contribution in [0, 0.1) is 0 Å². The van der Waals surface area contributed by atoms with Crippen molar-refractivity contribution in [3.63, 3.8) is 0 Å². The van der Waals surface area contributed by atoms with Crippen LogP contribution in [-0.2, 0) is 10.0 Å². The summed E-state index contributed by atoms with van der Waals surface area (Å²) in [7, 11) is -3.75. The van der Waals surface area contributed by atoms with Gasteiger partial charge in [-0.1, -0.05) is 24.3 Å². The normalized spacial score (nSPS) is 16.7. The number of nitrogens with one attached hydrogen (secondary N) is 2. The number of hydrogen-bond acceptors (Lipinski definition) is 4. The highest BCUT2D eigenvalue weighted by molar-refractivity contribution is 7.92. The van der Waals surface area contributed by atoms with E-state index < -0.39 is 10.0 Å². The summed E-state index contributed by atoms with van der Waals surface area (Å²) < 4.78 is 27.6. The fraction of sp³-hybridized carbons (Fsp3) is 0.350. The number of anilines is 1. The monoisotopic (exact) mass is 423 g/mol. The molecule has 1 amide bonds. The summed E-state index contributed by atoms with van der Waals surface area (Å²) in [6.07, 6.45) is 1.94. The lowest BCUT2D eigenvalue weighted by Gasteiger charge is -2.24. The number of para-hydroxylation sites is 1. The molecule has 2 aromatic carbocycles. The molecular weight excluding hydrogens is 398 g/mol. The van der Waals surface area contributed by atoms with Crippen LogP contribution in [0.5, 0.6) is 0 Å². The van der Waals surface area contributed by atoms with Crippen molar-refractivity contribution in [2.45, 2.75) is 30.7 Å². The van der Waals surface area contributed by atoms with E-state index in [4.69, 9.17) is 0 Å². The van der Waals surface area contributed by atoms with Gasteiger partial charge in [-0.05, 0) is 56.6 Å². The zero-order valence-corrected chi connectivity index (χ0v) is 17.4. The molecule has 0 aliphatic carbocycles. The van der Waals surface area contributed by atoms with Crippen molar-refractivity contribution in [2.24, 2.45) is 0 Å². The van der Waals surface area contributed by atoms with E-state index in [2.05, 4.69) is 10.6 Å². The Labute approximate surface area is 172 Å². The van der Waals surface area contributed by atoms with Gasteiger partial charge in [-0.3, -0.25) is 9.10 Å². The number of nitrogens with zero attached hydrogens (tertiary/aromatic N) is 1. The number of carbonyl (C=O) groups is 1. The number of benzene rings is 2. The Morgan fingerprint density at radius 1 is 1.18 bits per heavy atom. The van der Waals surface area contributed by atoms with Crippen LogP contribution in [0.15, 0.2) is 59.5 Å². The second kappa shape index (κ2) is 9.91. The predicted octanol–water partition coefficient (Wildman–Crippen LogP) is 2.81. The van der Waals surface area contributed by atoms with Crippen molar-refractivity contribution in [3.8, 4) is 0 Å². The van der Waals surface area contributed by atoms with Crippen LogP contribution < -0.4 is 14.9 Å². The molecule has 2 N–H and O–H groups in total. The first-order valence-corrected chi connectivity index (χ1v) is 10.7. The van der Waals surface area contributed by atoms with Crippen molar-refractivity contribution in [2.75, 3.05) is 23.9 Å². The van der Waals surface area contributed by atoms with Gasteiger partial charge in [0.05, 0.1) is 10.6 Å². The predicted molar refractivity (Wildman–Crippen MR) is 114 cm³/mol. The molecule has 0 bridgehead atoms. The highest BCUT2D eigenvalue weighted by atomic mass is 35.5. The second-order valence-electron chi connectivity index (χ2n) is 6.55. The lowest BCUT2D eigenvalue weighted by molar-refractivity contribution is 0.0930. The number of rotatable bonds is 6. The highest BCUT2D eigenvalue weighted by Crippen LogP contribution is 2.23. The third-order valence-corrected chi connectivity index (χ3v) is 6.55. The Hall–Kier alpha value is -2.09. The molecule has 1 saturated heterocycles. The first-order chi connectivity index (χ1) is 13.0. The van der Waals surface area contributed by atoms with Crippen molar-refractivity contribution in [1.29, 1.82) is 0 Å². The molecule has 1 aliphatic heterocycles. The van der Waals surface area contributed by atoms with Gasteiger partial charge in [0.15, 0.2) is 0 Å². The number of piperidine rings is 1. The number of halogens is 1. The van der Waals surface area contributed by atoms with E-state index in [0.29, 0.717) is 17.8 Å². The van der Waals surface area contributed by atoms with Gasteiger partial charge < -0.3 is 10.6 Å². The summed E-state index contributed by atoms with van der Waals surface area (Å²) in [6.45, 7) is 3.79. The summed E-state index contributed by atoms with van der Waals surface area (Å²) >= 11 is 0. The number of amides is 1. The van der Waals surface area contributed by atoms with Gasteiger partial charge in [0.2, 0.25) is 0 Å². The van der Waals surface area contributed by atoms with E-state index in [-0.39, 0.29) is 29.3 Å². The maximum atomic E-state index is 13.1. The van der Waals surface area contributed by atoms with Crippen molar-refractivity contribution in [1.82, 2.24) is 10.6 Å². The SMILES string of the molecule is CCN(c1ccccc1)S(=O)(=O)c1cccc(C(=O)NC2CCCNC2)c1.Cl. The molecular formula is C20H26ClN3O3S. The third kappa shape index (κ3) is 5.04. The van der Waals surface area contributed by atoms with Crippen LogP contribution in [0.1, 0.15) is 30.1 Å². The molecule has 0 spiro atoms. The summed E-state index contributed by atoms with van der Waals surface area (Å²) in [5, 5.41) is 6.23. The van der Waals surface area contributed by atoms with Gasteiger partial charge in [-0.15, -0.1) is 12.4 Å². The van der Waals surface area contributed by atoms with E-state index in [1.54, 1.807) is 43.3 Å². The molecule has 0 radical (unpaired) electrons. The maximum absolute atomic E-state index is 13.1. The summed E-state index contributed by atoms with van der Waals surface area (Å²) in [5.74, 6) is -0.247. The van der Waals surface area contributed by atoms with Crippen molar-refractivity contribution in [3.05, 3.63) is 60.2 Å². The topological polar surface area (TPSA) is 78.5 Å². The second-order valence-corrected chi connectivity index (χ2v) is 8.41. The number of hydrogen-bond donors (Lipinski definition) is 2. The Morgan fingerprint density at radius 3 is 2.57 bits per heavy atom. The largest absolute Gasteiger partial charge is 0.348 e. The van der Waals surface area contributed by atoms with Crippen LogP contribution in [0.2, 0.25) is 0 Å². The van der Waals surface area contributed by atoms with Gasteiger partial charge in [-0.25, -0.2) is 8.42 Å². The Balaban J connectivity index is 0.00000280. The minimum absolute atomic E-state index is 0. The van der Waals surface area contributed by atoms with E-state index in [1.165, 1.54) is 16.4 Å². The van der Waals surface area contributed by atoms with Gasteiger partial charge in [-0.2, -0.15) is 0 Å². The molecule has 1 unspecified atom stereocenters. The van der Waals surface area contributed by atoms with Crippen LogP contribution in [0.3, 0.4) is 0 Å². The summed E-state index contributed by atoms with van der Waals surface area (Å²) in [4.78, 5) is 12.7. The van der Waals surface area contributed by atoms with Gasteiger partial charge in [0.1, 0.15) is 0 Å². The number of carbonyl (C=O) groups excluding carboxylic acids is 1. The molecule has 1 heterocycles. The van der Waals surface area contributed by atoms with Crippen LogP contribution in [0.4, 0.5) is 5.69 Å². The van der Waals surface area contributed by atoms with Crippen LogP contribution in [-0.4, -0.2) is 40.0 Å². The number of sulfonamides is 1. The first kappa shape index (κ1) is 22.2. The fourth-order valence-corrected chi connectivity index (χ4v) is 4.77. The van der Waals surface area contributed by atoms with Gasteiger partial charge in [0.25, 0.3) is 15.9 Å². The smallest absolute Gasteiger partial charge is 0.264 e. The van der Waals surface area contributed by atoms with E-state index >= 15 is 0 Å². The molecule has 2 aromatic rings. The molecule has 8 heteroatoms. The lowest BCUT2D eigenvalue weighted by atomic mass is 10.1. The van der Waals surface area contributed by atoms with E-state index in [1.807, 2.05) is 6.07 Å². The lowest BCUT2D eigenvalue weighted by Crippen LogP contribution is -2.45. The van der Waals surface area contributed by atoms with Gasteiger partial charge >= 0.3 is 0 Å². The Bertz CT molecular complexity index is 885. The molecule has 0 saturated carbocycles. The molecule has 1 aliphatic rings. The molecule has 1 atom stereocenters. The van der Waals surface area contributed by atoms with Crippen molar-refractivity contribution < 1.29 is 13.2 Å². The molecule has 3 rings (SSSR count). The van der Waals surface area contributed by atoms with Gasteiger partial charge in [0, 0.05) is 24.7 Å². The Kier molecular flexibility index (Phi) is 7.86. The Morgan fingerprint density at radius 2 is 1.93 bits per heavy atom. The average molecular weight is 424 g/mol. The quantitative estimate of drug-likeness (QED) is 0.748. The van der Waals surface area contributed by atoms with E-state index in [0.717, 1.165) is 25.9 Å². The molecule has 152 valence electrons. The van der Waals surface area contributed by atoms with Crippen LogP contribution >= 0.6 is 12.4 Å². The van der Waals surface area contributed by atoms with E-state index in [9.17, 15) is 13.2 Å². The standard InChI is InChI=1S/C20H25N3O3S.ClH/c1-2-23(18-10-4-3-5-11-18)27(25,26)19-12-6-8-16(14-19)20(24)22-17-9-7-13-21-15-17;/h3-6,8,10-12,14,17,21H,2,7,9,13,15H2,1H3,(H,22,24);1H. The minimum Gasteiger partial charge on any atom is -0.348 e. The molecule has 6 nitrogen and oxygen atoms in total. The highest BCUT2D eigenvalue weighted by Gasteiger charge is 2.25. The fourth-order valence-electron chi connectivity index (χ4n) is 3.25.